The number of rotatable bonds is 5. The summed E-state index contributed by atoms with van der Waals surface area (Å²) in [6.07, 6.45) is 1.49. The largest absolute Gasteiger partial charge is 0.466 e. The van der Waals surface area contributed by atoms with Crippen molar-refractivity contribution in [3.05, 3.63) is 53.5 Å². The smallest absolute Gasteiger partial charge is 0.338 e. The molecule has 0 bridgehead atoms. The molecule has 0 radical (unpaired) electrons. The number of hydrogen-bond donors (Lipinski definition) is 0. The zero-order valence-corrected chi connectivity index (χ0v) is 14.6. The maximum Gasteiger partial charge on any atom is 0.338 e. The fourth-order valence-corrected chi connectivity index (χ4v) is 4.20. The van der Waals surface area contributed by atoms with Crippen molar-refractivity contribution in [2.24, 2.45) is 0 Å². The highest BCUT2D eigenvalue weighted by Gasteiger charge is 2.28. The van der Waals surface area contributed by atoms with E-state index < -0.39 is 16.0 Å². The van der Waals surface area contributed by atoms with Crippen molar-refractivity contribution in [3.8, 4) is 0 Å². The lowest BCUT2D eigenvalue weighted by molar-refractivity contribution is 0.0445. The van der Waals surface area contributed by atoms with Gasteiger partial charge in [0.15, 0.2) is 0 Å². The Labute approximate surface area is 146 Å². The first-order valence-corrected chi connectivity index (χ1v) is 9.30. The van der Waals surface area contributed by atoms with Crippen LogP contribution in [-0.4, -0.2) is 45.0 Å². The fourth-order valence-electron chi connectivity index (χ4n) is 2.55. The van der Waals surface area contributed by atoms with E-state index >= 15 is 0 Å². The number of aryl methyl sites for hydroxylation is 1. The Bertz CT molecular complexity index is 838. The molecule has 0 amide bonds. The van der Waals surface area contributed by atoms with Crippen molar-refractivity contribution in [2.45, 2.75) is 18.4 Å². The number of benzene rings is 1. The Morgan fingerprint density at radius 1 is 1.24 bits per heavy atom. The summed E-state index contributed by atoms with van der Waals surface area (Å²) in [5.41, 5.74) is 0.762. The monoisotopic (exact) mass is 365 g/mol. The van der Waals surface area contributed by atoms with Gasteiger partial charge in [-0.25, -0.2) is 13.2 Å². The maximum atomic E-state index is 12.8. The average Bonchev–Trinajstić information content (AvgIpc) is 3.14. The van der Waals surface area contributed by atoms with E-state index in [0.717, 1.165) is 0 Å². The van der Waals surface area contributed by atoms with Crippen molar-refractivity contribution >= 4 is 16.0 Å². The second-order valence-electron chi connectivity index (χ2n) is 5.65. The van der Waals surface area contributed by atoms with E-state index in [-0.39, 0.29) is 17.1 Å². The molecular formula is C17H19NO6S. The van der Waals surface area contributed by atoms with Crippen LogP contribution in [0.15, 0.2) is 45.9 Å². The number of hydrogen-bond acceptors (Lipinski definition) is 6. The van der Waals surface area contributed by atoms with Crippen LogP contribution in [0.1, 0.15) is 21.7 Å². The Morgan fingerprint density at radius 3 is 2.68 bits per heavy atom. The summed E-state index contributed by atoms with van der Waals surface area (Å²) in [6.45, 7) is 3.02. The number of esters is 1. The van der Waals surface area contributed by atoms with Crippen LogP contribution in [-0.2, 0) is 26.1 Å². The SMILES string of the molecule is Cc1ccc(C(=O)OCc2ccco2)cc1S(=O)(=O)N1CCOCC1. The zero-order chi connectivity index (χ0) is 17.9. The van der Waals surface area contributed by atoms with E-state index in [2.05, 4.69) is 0 Å². The molecule has 0 spiro atoms. The van der Waals surface area contributed by atoms with Crippen LogP contribution in [0.2, 0.25) is 0 Å². The highest BCUT2D eigenvalue weighted by molar-refractivity contribution is 7.89. The molecule has 134 valence electrons. The molecule has 8 heteroatoms. The van der Waals surface area contributed by atoms with Gasteiger partial charge in [-0.3, -0.25) is 0 Å². The van der Waals surface area contributed by atoms with Crippen LogP contribution in [0.5, 0.6) is 0 Å². The van der Waals surface area contributed by atoms with Crippen molar-refractivity contribution in [2.75, 3.05) is 26.3 Å². The van der Waals surface area contributed by atoms with Crippen LogP contribution in [0.4, 0.5) is 0 Å². The third-order valence-corrected chi connectivity index (χ3v) is 5.98. The van der Waals surface area contributed by atoms with Gasteiger partial charge < -0.3 is 13.9 Å². The number of ether oxygens (including phenoxy) is 2. The number of morpholine rings is 1. The van der Waals surface area contributed by atoms with Crippen LogP contribution < -0.4 is 0 Å². The van der Waals surface area contributed by atoms with E-state index in [0.29, 0.717) is 37.6 Å². The van der Waals surface area contributed by atoms with Gasteiger partial charge in [0.1, 0.15) is 12.4 Å². The molecule has 1 aliphatic heterocycles. The van der Waals surface area contributed by atoms with Crippen molar-refractivity contribution in [1.29, 1.82) is 0 Å². The van der Waals surface area contributed by atoms with Gasteiger partial charge in [-0.1, -0.05) is 6.07 Å². The third-order valence-electron chi connectivity index (χ3n) is 3.94. The van der Waals surface area contributed by atoms with Gasteiger partial charge in [-0.2, -0.15) is 4.31 Å². The Balaban J connectivity index is 1.81. The molecule has 1 aliphatic rings. The molecule has 0 unspecified atom stereocenters. The van der Waals surface area contributed by atoms with Gasteiger partial charge in [-0.15, -0.1) is 0 Å². The van der Waals surface area contributed by atoms with Crippen molar-refractivity contribution < 1.29 is 27.1 Å². The molecular weight excluding hydrogens is 346 g/mol. The Morgan fingerprint density at radius 2 is 2.00 bits per heavy atom. The first-order chi connectivity index (χ1) is 12.0. The number of sulfonamides is 1. The Hall–Kier alpha value is -2.16. The van der Waals surface area contributed by atoms with E-state index in [9.17, 15) is 13.2 Å². The maximum absolute atomic E-state index is 12.8. The minimum Gasteiger partial charge on any atom is -0.466 e. The lowest BCUT2D eigenvalue weighted by Crippen LogP contribution is -2.40. The molecule has 1 fully saturated rings. The first-order valence-electron chi connectivity index (χ1n) is 7.86. The van der Waals surface area contributed by atoms with Crippen LogP contribution in [0.3, 0.4) is 0 Å². The summed E-state index contributed by atoms with van der Waals surface area (Å²) in [5.74, 6) is -0.0866. The molecule has 1 saturated heterocycles. The highest BCUT2D eigenvalue weighted by atomic mass is 32.2. The summed E-state index contributed by atoms with van der Waals surface area (Å²) in [4.78, 5) is 12.3. The molecule has 3 rings (SSSR count). The molecule has 1 aromatic carbocycles. The summed E-state index contributed by atoms with van der Waals surface area (Å²) in [5, 5.41) is 0. The number of furan rings is 1. The van der Waals surface area contributed by atoms with Crippen molar-refractivity contribution in [3.63, 3.8) is 0 Å². The normalized spacial score (nSPS) is 15.9. The van der Waals surface area contributed by atoms with Gasteiger partial charge in [0.2, 0.25) is 10.0 Å². The summed E-state index contributed by atoms with van der Waals surface area (Å²) in [7, 11) is -3.68. The minimum atomic E-state index is -3.68. The van der Waals surface area contributed by atoms with Gasteiger partial charge in [0.05, 0.1) is 29.9 Å². The number of carbonyl (C=O) groups excluding carboxylic acids is 1. The zero-order valence-electron chi connectivity index (χ0n) is 13.8. The summed E-state index contributed by atoms with van der Waals surface area (Å²) in [6, 6.07) is 7.92. The second kappa shape index (κ2) is 7.38. The van der Waals surface area contributed by atoms with E-state index in [1.165, 1.54) is 16.6 Å². The molecule has 2 aromatic rings. The molecule has 1 aromatic heterocycles. The first kappa shape index (κ1) is 17.7. The molecule has 7 nitrogen and oxygen atoms in total. The highest BCUT2D eigenvalue weighted by Crippen LogP contribution is 2.23. The second-order valence-corrected chi connectivity index (χ2v) is 7.56. The number of carbonyl (C=O) groups is 1. The summed E-state index contributed by atoms with van der Waals surface area (Å²) >= 11 is 0. The van der Waals surface area contributed by atoms with E-state index in [1.54, 1.807) is 31.2 Å². The van der Waals surface area contributed by atoms with Gasteiger partial charge in [0, 0.05) is 13.1 Å². The molecule has 0 aliphatic carbocycles. The van der Waals surface area contributed by atoms with Gasteiger partial charge in [-0.05, 0) is 36.8 Å². The van der Waals surface area contributed by atoms with Crippen molar-refractivity contribution in [1.82, 2.24) is 4.31 Å². The van der Waals surface area contributed by atoms with Crippen LogP contribution in [0, 0.1) is 6.92 Å². The van der Waals surface area contributed by atoms with E-state index in [1.807, 2.05) is 0 Å². The predicted molar refractivity (Wildman–Crippen MR) is 88.6 cm³/mol. The summed E-state index contributed by atoms with van der Waals surface area (Å²) < 4.78 is 42.5. The average molecular weight is 365 g/mol. The molecule has 0 N–H and O–H groups in total. The van der Waals surface area contributed by atoms with Gasteiger partial charge >= 0.3 is 5.97 Å². The van der Waals surface area contributed by atoms with Crippen LogP contribution >= 0.6 is 0 Å². The van der Waals surface area contributed by atoms with E-state index in [4.69, 9.17) is 13.9 Å². The van der Waals surface area contributed by atoms with Crippen LogP contribution in [0.25, 0.3) is 0 Å². The molecule has 2 heterocycles. The quantitative estimate of drug-likeness (QED) is 0.753. The predicted octanol–water partition coefficient (Wildman–Crippen LogP) is 1.97. The molecule has 0 saturated carbocycles. The Kier molecular flexibility index (Phi) is 5.22. The topological polar surface area (TPSA) is 86.0 Å². The fraction of sp³-hybridized carbons (Fsp3) is 0.353. The molecule has 0 atom stereocenters. The standard InChI is InChI=1S/C17H19NO6S/c1-13-4-5-14(17(19)24-12-15-3-2-8-23-15)11-16(13)25(20,21)18-6-9-22-10-7-18/h2-5,8,11H,6-7,9-10,12H2,1H3. The molecule has 25 heavy (non-hydrogen) atoms. The minimum absolute atomic E-state index is 0.00867. The third kappa shape index (κ3) is 3.92. The number of nitrogens with zero attached hydrogens (tertiary/aromatic N) is 1. The van der Waals surface area contributed by atoms with Gasteiger partial charge in [0.25, 0.3) is 0 Å². The lowest BCUT2D eigenvalue weighted by atomic mass is 10.1. The lowest BCUT2D eigenvalue weighted by Gasteiger charge is -2.26.